The Labute approximate surface area is 133 Å². The van der Waals surface area contributed by atoms with Crippen LogP contribution in [0, 0.1) is 6.92 Å². The number of hydrogen-bond acceptors (Lipinski definition) is 2. The van der Waals surface area contributed by atoms with E-state index in [1.165, 1.54) is 54.3 Å². The SMILES string of the molecule is Cc1ccc2cc(CNC3CC4CCCC(C3)N4C)[nH]c2c1. The van der Waals surface area contributed by atoms with Crippen LogP contribution in [0.25, 0.3) is 10.9 Å². The van der Waals surface area contributed by atoms with Crippen LogP contribution in [0.15, 0.2) is 24.3 Å². The molecular formula is C19H27N3. The van der Waals surface area contributed by atoms with Gasteiger partial charge in [0.15, 0.2) is 0 Å². The predicted octanol–water partition coefficient (Wildman–Crippen LogP) is 3.58. The lowest BCUT2D eigenvalue weighted by Crippen LogP contribution is -2.54. The number of aromatic amines is 1. The molecule has 2 aliphatic rings. The molecule has 2 fully saturated rings. The van der Waals surface area contributed by atoms with E-state index < -0.39 is 0 Å². The Balaban J connectivity index is 1.41. The third-order valence-electron chi connectivity index (χ3n) is 5.75. The first-order valence-electron chi connectivity index (χ1n) is 8.72. The Bertz CT molecular complexity index is 646. The van der Waals surface area contributed by atoms with Gasteiger partial charge in [0.1, 0.15) is 0 Å². The number of aromatic nitrogens is 1. The smallest absolute Gasteiger partial charge is 0.0459 e. The van der Waals surface area contributed by atoms with E-state index in [4.69, 9.17) is 0 Å². The van der Waals surface area contributed by atoms with Gasteiger partial charge < -0.3 is 15.2 Å². The molecule has 0 spiro atoms. The molecule has 22 heavy (non-hydrogen) atoms. The number of nitrogens with zero attached hydrogens (tertiary/aromatic N) is 1. The zero-order chi connectivity index (χ0) is 15.1. The normalized spacial score (nSPS) is 29.1. The van der Waals surface area contributed by atoms with E-state index in [1.807, 2.05) is 0 Å². The molecule has 2 unspecified atom stereocenters. The summed E-state index contributed by atoms with van der Waals surface area (Å²) in [4.78, 5) is 6.19. The Kier molecular flexibility index (Phi) is 3.71. The van der Waals surface area contributed by atoms with Crippen LogP contribution in [-0.2, 0) is 6.54 Å². The fourth-order valence-electron chi connectivity index (χ4n) is 4.43. The number of nitrogens with one attached hydrogen (secondary N) is 2. The maximum absolute atomic E-state index is 3.80. The van der Waals surface area contributed by atoms with E-state index in [2.05, 4.69) is 53.4 Å². The molecule has 3 heterocycles. The molecule has 118 valence electrons. The molecule has 2 aliphatic heterocycles. The number of hydrogen-bond donors (Lipinski definition) is 2. The molecule has 0 amide bonds. The maximum Gasteiger partial charge on any atom is 0.0459 e. The summed E-state index contributed by atoms with van der Waals surface area (Å²) in [5, 5.41) is 5.13. The summed E-state index contributed by atoms with van der Waals surface area (Å²) < 4.78 is 0. The van der Waals surface area contributed by atoms with Crippen molar-refractivity contribution in [2.45, 2.75) is 63.7 Å². The average molecular weight is 297 g/mol. The van der Waals surface area contributed by atoms with Gasteiger partial charge in [0, 0.05) is 35.9 Å². The van der Waals surface area contributed by atoms with Crippen molar-refractivity contribution in [2.75, 3.05) is 7.05 Å². The van der Waals surface area contributed by atoms with Crippen molar-refractivity contribution in [3.8, 4) is 0 Å². The summed E-state index contributed by atoms with van der Waals surface area (Å²) in [5.41, 5.74) is 3.89. The van der Waals surface area contributed by atoms with Crippen molar-refractivity contribution in [3.05, 3.63) is 35.5 Å². The third-order valence-corrected chi connectivity index (χ3v) is 5.75. The monoisotopic (exact) mass is 297 g/mol. The average Bonchev–Trinajstić information content (AvgIpc) is 2.87. The van der Waals surface area contributed by atoms with Gasteiger partial charge in [-0.25, -0.2) is 0 Å². The van der Waals surface area contributed by atoms with Crippen LogP contribution in [-0.4, -0.2) is 35.1 Å². The van der Waals surface area contributed by atoms with Crippen molar-refractivity contribution in [1.82, 2.24) is 15.2 Å². The summed E-state index contributed by atoms with van der Waals surface area (Å²) >= 11 is 0. The highest BCUT2D eigenvalue weighted by Crippen LogP contribution is 2.32. The van der Waals surface area contributed by atoms with Crippen LogP contribution in [0.5, 0.6) is 0 Å². The highest BCUT2D eigenvalue weighted by Gasteiger charge is 2.35. The van der Waals surface area contributed by atoms with E-state index in [0.29, 0.717) is 6.04 Å². The van der Waals surface area contributed by atoms with Crippen LogP contribution >= 0.6 is 0 Å². The van der Waals surface area contributed by atoms with Gasteiger partial charge in [-0.15, -0.1) is 0 Å². The number of benzene rings is 1. The summed E-state index contributed by atoms with van der Waals surface area (Å²) in [6, 6.07) is 11.2. The minimum absolute atomic E-state index is 0.680. The molecule has 2 atom stereocenters. The summed E-state index contributed by atoms with van der Waals surface area (Å²) in [6.07, 6.45) is 6.82. The molecular weight excluding hydrogens is 270 g/mol. The molecule has 1 aromatic heterocycles. The van der Waals surface area contributed by atoms with Gasteiger partial charge in [0.2, 0.25) is 0 Å². The zero-order valence-corrected chi connectivity index (χ0v) is 13.7. The maximum atomic E-state index is 3.80. The molecule has 4 rings (SSSR count). The first-order valence-corrected chi connectivity index (χ1v) is 8.72. The number of aryl methyl sites for hydroxylation is 1. The van der Waals surface area contributed by atoms with E-state index in [9.17, 15) is 0 Å². The second-order valence-electron chi connectivity index (χ2n) is 7.34. The van der Waals surface area contributed by atoms with Gasteiger partial charge in [0.05, 0.1) is 0 Å². The molecule has 3 heteroatoms. The predicted molar refractivity (Wildman–Crippen MR) is 92.1 cm³/mol. The van der Waals surface area contributed by atoms with Crippen LogP contribution < -0.4 is 5.32 Å². The van der Waals surface area contributed by atoms with Gasteiger partial charge in [-0.3, -0.25) is 0 Å². The van der Waals surface area contributed by atoms with Crippen LogP contribution in [0.4, 0.5) is 0 Å². The molecule has 2 N–H and O–H groups in total. The highest BCUT2D eigenvalue weighted by molar-refractivity contribution is 5.81. The Morgan fingerprint density at radius 2 is 1.95 bits per heavy atom. The molecule has 1 aromatic carbocycles. The number of fused-ring (bicyclic) bond motifs is 3. The van der Waals surface area contributed by atoms with E-state index in [-0.39, 0.29) is 0 Å². The summed E-state index contributed by atoms with van der Waals surface area (Å²) in [5.74, 6) is 0. The minimum atomic E-state index is 0.680. The second-order valence-corrected chi connectivity index (χ2v) is 7.34. The zero-order valence-electron chi connectivity index (χ0n) is 13.7. The van der Waals surface area contributed by atoms with Crippen molar-refractivity contribution in [1.29, 1.82) is 0 Å². The molecule has 3 nitrogen and oxygen atoms in total. The lowest BCUT2D eigenvalue weighted by Gasteiger charge is -2.47. The van der Waals surface area contributed by atoms with Crippen LogP contribution in [0.1, 0.15) is 43.4 Å². The Morgan fingerprint density at radius 1 is 1.18 bits per heavy atom. The van der Waals surface area contributed by atoms with Crippen molar-refractivity contribution < 1.29 is 0 Å². The van der Waals surface area contributed by atoms with E-state index >= 15 is 0 Å². The van der Waals surface area contributed by atoms with E-state index in [1.54, 1.807) is 0 Å². The van der Waals surface area contributed by atoms with Crippen molar-refractivity contribution in [3.63, 3.8) is 0 Å². The Hall–Kier alpha value is -1.32. The molecule has 2 aromatic rings. The van der Waals surface area contributed by atoms with Gasteiger partial charge in [-0.05, 0) is 62.7 Å². The molecule has 0 aliphatic carbocycles. The standard InChI is InChI=1S/C19H27N3/c1-13-6-7-14-9-16(21-19(14)8-13)12-20-15-10-17-4-3-5-18(11-15)22(17)2/h6-9,15,17-18,20-21H,3-5,10-12H2,1-2H3. The van der Waals surface area contributed by atoms with Crippen molar-refractivity contribution >= 4 is 10.9 Å². The topological polar surface area (TPSA) is 31.1 Å². The van der Waals surface area contributed by atoms with Crippen LogP contribution in [0.3, 0.4) is 0 Å². The largest absolute Gasteiger partial charge is 0.357 e. The number of H-pyrrole nitrogens is 1. The molecule has 0 radical (unpaired) electrons. The van der Waals surface area contributed by atoms with Crippen LogP contribution in [0.2, 0.25) is 0 Å². The molecule has 2 bridgehead atoms. The third kappa shape index (κ3) is 2.68. The van der Waals surface area contributed by atoms with Gasteiger partial charge >= 0.3 is 0 Å². The summed E-state index contributed by atoms with van der Waals surface area (Å²) in [6.45, 7) is 3.11. The lowest BCUT2D eigenvalue weighted by molar-refractivity contribution is 0.0482. The number of rotatable bonds is 3. The fraction of sp³-hybridized carbons (Fsp3) is 0.579. The second kappa shape index (κ2) is 5.71. The van der Waals surface area contributed by atoms with E-state index in [0.717, 1.165) is 18.6 Å². The molecule has 0 saturated carbocycles. The van der Waals surface area contributed by atoms with Gasteiger partial charge in [0.25, 0.3) is 0 Å². The summed E-state index contributed by atoms with van der Waals surface area (Å²) in [7, 11) is 2.32. The first-order chi connectivity index (χ1) is 10.7. The quantitative estimate of drug-likeness (QED) is 0.907. The molecule has 2 saturated heterocycles. The highest BCUT2D eigenvalue weighted by atomic mass is 15.2. The Morgan fingerprint density at radius 3 is 2.73 bits per heavy atom. The lowest BCUT2D eigenvalue weighted by atomic mass is 9.82. The fourth-order valence-corrected chi connectivity index (χ4v) is 4.43. The van der Waals surface area contributed by atoms with Gasteiger partial charge in [-0.1, -0.05) is 18.6 Å². The van der Waals surface area contributed by atoms with Gasteiger partial charge in [-0.2, -0.15) is 0 Å². The minimum Gasteiger partial charge on any atom is -0.357 e. The number of piperidine rings is 2. The first kappa shape index (κ1) is 14.3. The van der Waals surface area contributed by atoms with Crippen molar-refractivity contribution in [2.24, 2.45) is 0 Å².